The van der Waals surface area contributed by atoms with Crippen molar-refractivity contribution < 1.29 is 9.31 Å². The zero-order chi connectivity index (χ0) is 24.4. The minimum atomic E-state index is -0.556. The largest absolute Gasteiger partial charge is 0.296 e. The number of rotatable bonds is 6. The molecule has 0 amide bonds. The highest BCUT2D eigenvalue weighted by Crippen LogP contribution is 2.24. The van der Waals surface area contributed by atoms with Crippen LogP contribution in [0.15, 0.2) is 77.6 Å². The predicted octanol–water partition coefficient (Wildman–Crippen LogP) is 4.89. The van der Waals surface area contributed by atoms with Crippen molar-refractivity contribution in [2.24, 2.45) is 5.92 Å². The summed E-state index contributed by atoms with van der Waals surface area (Å²) < 4.78 is 16.0. The lowest BCUT2D eigenvalue weighted by molar-refractivity contribution is -0.384. The highest BCUT2D eigenvalue weighted by Gasteiger charge is 2.23. The Labute approximate surface area is 201 Å². The maximum atomic E-state index is 14.8. The third-order valence-corrected chi connectivity index (χ3v) is 6.66. The van der Waals surface area contributed by atoms with E-state index in [0.717, 1.165) is 32.4 Å². The zero-order valence-corrected chi connectivity index (χ0v) is 19.1. The maximum Gasteiger partial charge on any atom is 0.270 e. The smallest absolute Gasteiger partial charge is 0.270 e. The van der Waals surface area contributed by atoms with Gasteiger partial charge in [-0.3, -0.25) is 24.4 Å². The quantitative estimate of drug-likeness (QED) is 0.295. The number of halogens is 1. The van der Waals surface area contributed by atoms with E-state index in [0.29, 0.717) is 23.8 Å². The van der Waals surface area contributed by atoms with E-state index in [9.17, 15) is 19.3 Å². The van der Waals surface area contributed by atoms with Crippen molar-refractivity contribution in [3.05, 3.63) is 110 Å². The Morgan fingerprint density at radius 3 is 2.43 bits per heavy atom. The molecule has 1 aliphatic heterocycles. The molecule has 0 saturated carbocycles. The second kappa shape index (κ2) is 9.76. The topological polar surface area (TPSA) is 81.3 Å². The Morgan fingerprint density at radius 2 is 1.71 bits per heavy atom. The molecule has 178 valence electrons. The highest BCUT2D eigenvalue weighted by atomic mass is 19.1. The monoisotopic (exact) mass is 472 g/mol. The van der Waals surface area contributed by atoms with Gasteiger partial charge in [-0.15, -0.1) is 0 Å². The third-order valence-electron chi connectivity index (χ3n) is 6.66. The van der Waals surface area contributed by atoms with Gasteiger partial charge in [-0.05, 0) is 62.0 Å². The van der Waals surface area contributed by atoms with Crippen LogP contribution in [0.3, 0.4) is 0 Å². The molecule has 3 aromatic carbocycles. The van der Waals surface area contributed by atoms with Crippen molar-refractivity contribution in [2.75, 3.05) is 13.1 Å². The summed E-state index contributed by atoms with van der Waals surface area (Å²) in [6.07, 6.45) is 3.10. The Balaban J connectivity index is 1.46. The average Bonchev–Trinajstić information content (AvgIpc) is 2.87. The van der Waals surface area contributed by atoms with E-state index >= 15 is 0 Å². The van der Waals surface area contributed by atoms with Crippen molar-refractivity contribution in [3.63, 3.8) is 0 Å². The zero-order valence-electron chi connectivity index (χ0n) is 19.1. The first-order valence-corrected chi connectivity index (χ1v) is 11.7. The lowest BCUT2D eigenvalue weighted by Crippen LogP contribution is -2.36. The predicted molar refractivity (Wildman–Crippen MR) is 132 cm³/mol. The number of para-hydroxylation sites is 1. The molecule has 4 aromatic rings. The SMILES string of the molecule is O=c1c2cc([N+](=O)[O-])ccc2nc(CN2CCC(Cc3ccccc3)CC2)n1-c1ccccc1F. The Kier molecular flexibility index (Phi) is 6.37. The van der Waals surface area contributed by atoms with Gasteiger partial charge in [-0.25, -0.2) is 9.37 Å². The molecule has 0 N–H and O–H groups in total. The molecule has 1 aromatic heterocycles. The normalized spacial score (nSPS) is 14.9. The molecular formula is C27H25FN4O3. The molecule has 5 rings (SSSR count). The number of hydrogen-bond donors (Lipinski definition) is 0. The van der Waals surface area contributed by atoms with E-state index in [1.165, 1.54) is 40.5 Å². The molecule has 0 spiro atoms. The lowest BCUT2D eigenvalue weighted by atomic mass is 9.90. The van der Waals surface area contributed by atoms with Crippen LogP contribution in [0.25, 0.3) is 16.6 Å². The number of nitrogens with zero attached hydrogens (tertiary/aromatic N) is 4. The van der Waals surface area contributed by atoms with Crippen LogP contribution in [0.1, 0.15) is 24.2 Å². The summed E-state index contributed by atoms with van der Waals surface area (Å²) in [7, 11) is 0. The molecule has 1 aliphatic rings. The van der Waals surface area contributed by atoms with E-state index in [4.69, 9.17) is 0 Å². The second-order valence-electron chi connectivity index (χ2n) is 8.99. The van der Waals surface area contributed by atoms with Gasteiger partial charge >= 0.3 is 0 Å². The van der Waals surface area contributed by atoms with Crippen LogP contribution in [0.2, 0.25) is 0 Å². The van der Waals surface area contributed by atoms with E-state index in [-0.39, 0.29) is 16.8 Å². The number of non-ortho nitro benzene ring substituents is 1. The number of piperidine rings is 1. The number of benzene rings is 3. The van der Waals surface area contributed by atoms with Gasteiger partial charge in [0.1, 0.15) is 11.6 Å². The molecule has 8 heteroatoms. The van der Waals surface area contributed by atoms with E-state index in [1.807, 2.05) is 6.07 Å². The number of nitro benzene ring substituents is 1. The Morgan fingerprint density at radius 1 is 1.00 bits per heavy atom. The van der Waals surface area contributed by atoms with Gasteiger partial charge in [0.25, 0.3) is 11.2 Å². The number of likely N-dealkylation sites (tertiary alicyclic amines) is 1. The van der Waals surface area contributed by atoms with Gasteiger partial charge in [-0.1, -0.05) is 42.5 Å². The fourth-order valence-electron chi connectivity index (χ4n) is 4.82. The molecular weight excluding hydrogens is 447 g/mol. The summed E-state index contributed by atoms with van der Waals surface area (Å²) in [5, 5.41) is 11.3. The lowest BCUT2D eigenvalue weighted by Gasteiger charge is -2.32. The maximum absolute atomic E-state index is 14.8. The van der Waals surface area contributed by atoms with Crippen LogP contribution in [0.4, 0.5) is 10.1 Å². The van der Waals surface area contributed by atoms with Gasteiger partial charge in [0.15, 0.2) is 0 Å². The molecule has 35 heavy (non-hydrogen) atoms. The Hall–Kier alpha value is -3.91. The van der Waals surface area contributed by atoms with Crippen LogP contribution in [-0.4, -0.2) is 32.5 Å². The number of aromatic nitrogens is 2. The first-order chi connectivity index (χ1) is 17.0. The summed E-state index contributed by atoms with van der Waals surface area (Å²) in [4.78, 5) is 31.1. The summed E-state index contributed by atoms with van der Waals surface area (Å²) in [6.45, 7) is 2.08. The second-order valence-corrected chi connectivity index (χ2v) is 8.99. The minimum Gasteiger partial charge on any atom is -0.296 e. The fraction of sp³-hybridized carbons (Fsp3) is 0.259. The number of fused-ring (bicyclic) bond motifs is 1. The number of nitro groups is 1. The van der Waals surface area contributed by atoms with Crippen molar-refractivity contribution >= 4 is 16.6 Å². The van der Waals surface area contributed by atoms with Crippen molar-refractivity contribution in [1.29, 1.82) is 0 Å². The summed E-state index contributed by atoms with van der Waals surface area (Å²) in [5.74, 6) is 0.458. The average molecular weight is 473 g/mol. The molecule has 1 fully saturated rings. The first-order valence-electron chi connectivity index (χ1n) is 11.7. The highest BCUT2D eigenvalue weighted by molar-refractivity contribution is 5.80. The molecule has 0 aliphatic carbocycles. The van der Waals surface area contributed by atoms with Gasteiger partial charge in [0.05, 0.1) is 28.1 Å². The molecule has 7 nitrogen and oxygen atoms in total. The molecule has 2 heterocycles. The van der Waals surface area contributed by atoms with Gasteiger partial charge in [-0.2, -0.15) is 0 Å². The van der Waals surface area contributed by atoms with Gasteiger partial charge < -0.3 is 0 Å². The van der Waals surface area contributed by atoms with Crippen LogP contribution < -0.4 is 5.56 Å². The van der Waals surface area contributed by atoms with Crippen LogP contribution in [-0.2, 0) is 13.0 Å². The van der Waals surface area contributed by atoms with Crippen molar-refractivity contribution in [2.45, 2.75) is 25.8 Å². The standard InChI is InChI=1S/C27H25FN4O3/c28-23-8-4-5-9-25(23)31-26(29-24-11-10-21(32(34)35)17-22(24)27(31)33)18-30-14-12-20(13-15-30)16-19-6-2-1-3-7-19/h1-11,17,20H,12-16,18H2. The van der Waals surface area contributed by atoms with Crippen LogP contribution >= 0.6 is 0 Å². The first kappa shape index (κ1) is 22.9. The molecule has 0 unspecified atom stereocenters. The minimum absolute atomic E-state index is 0.0902. The molecule has 1 saturated heterocycles. The third kappa shape index (κ3) is 4.83. The Bertz CT molecular complexity index is 1430. The molecule has 0 radical (unpaired) electrons. The fourth-order valence-corrected chi connectivity index (χ4v) is 4.82. The number of hydrogen-bond acceptors (Lipinski definition) is 5. The summed E-state index contributed by atoms with van der Waals surface area (Å²) in [6, 6.07) is 20.5. The summed E-state index contributed by atoms with van der Waals surface area (Å²) in [5.41, 5.74) is 1.07. The van der Waals surface area contributed by atoms with E-state index in [2.05, 4.69) is 34.1 Å². The van der Waals surface area contributed by atoms with Gasteiger partial charge in [0, 0.05) is 12.1 Å². The van der Waals surface area contributed by atoms with E-state index in [1.54, 1.807) is 12.1 Å². The van der Waals surface area contributed by atoms with E-state index < -0.39 is 16.3 Å². The van der Waals surface area contributed by atoms with Gasteiger partial charge in [0.2, 0.25) is 0 Å². The molecule has 0 bridgehead atoms. The van der Waals surface area contributed by atoms with Crippen LogP contribution in [0, 0.1) is 21.8 Å². The van der Waals surface area contributed by atoms with Crippen molar-refractivity contribution in [3.8, 4) is 5.69 Å². The van der Waals surface area contributed by atoms with Crippen LogP contribution in [0.5, 0.6) is 0 Å². The van der Waals surface area contributed by atoms with Crippen molar-refractivity contribution in [1.82, 2.24) is 14.5 Å². The summed E-state index contributed by atoms with van der Waals surface area (Å²) >= 11 is 0. The molecule has 0 atom stereocenters.